The number of nitrogens with one attached hydrogen (secondary N) is 1. The van der Waals surface area contributed by atoms with E-state index in [9.17, 15) is 9.18 Å². The maximum absolute atomic E-state index is 13.5. The van der Waals surface area contributed by atoms with Crippen molar-refractivity contribution in [2.75, 3.05) is 0 Å². The molecule has 0 aliphatic carbocycles. The molecule has 0 aliphatic rings. The fraction of sp³-hybridized carbons (Fsp3) is 0.333. The van der Waals surface area contributed by atoms with Crippen LogP contribution in [0.25, 0.3) is 0 Å². The first-order chi connectivity index (χ1) is 11.0. The van der Waals surface area contributed by atoms with Crippen LogP contribution in [-0.2, 0) is 11.3 Å². The van der Waals surface area contributed by atoms with Crippen LogP contribution in [0.4, 0.5) is 4.39 Å². The molecule has 1 aromatic carbocycles. The van der Waals surface area contributed by atoms with E-state index in [1.54, 1.807) is 6.92 Å². The van der Waals surface area contributed by atoms with Crippen LogP contribution in [-0.4, -0.2) is 17.0 Å². The summed E-state index contributed by atoms with van der Waals surface area (Å²) in [5, 5.41) is 2.64. The smallest absolute Gasteiger partial charge is 0.261 e. The van der Waals surface area contributed by atoms with Gasteiger partial charge in [0.15, 0.2) is 6.10 Å². The van der Waals surface area contributed by atoms with Crippen LogP contribution in [0.2, 0.25) is 0 Å². The summed E-state index contributed by atoms with van der Waals surface area (Å²) in [6.45, 7) is 5.83. The predicted octanol–water partition coefficient (Wildman–Crippen LogP) is 3.43. The monoisotopic (exact) mass is 316 g/mol. The van der Waals surface area contributed by atoms with E-state index in [0.29, 0.717) is 11.7 Å². The fourth-order valence-corrected chi connectivity index (χ4v) is 2.17. The minimum atomic E-state index is -0.679. The maximum atomic E-state index is 13.5. The number of pyridine rings is 1. The average Bonchev–Trinajstić information content (AvgIpc) is 2.54. The number of nitrogens with zero attached hydrogens (tertiary/aromatic N) is 1. The third kappa shape index (κ3) is 4.52. The van der Waals surface area contributed by atoms with Gasteiger partial charge in [0.05, 0.1) is 12.2 Å². The molecule has 0 saturated heterocycles. The first-order valence-electron chi connectivity index (χ1n) is 7.61. The number of rotatable bonds is 6. The molecule has 0 bridgehead atoms. The Morgan fingerprint density at radius 1 is 1.22 bits per heavy atom. The fourth-order valence-electron chi connectivity index (χ4n) is 2.17. The quantitative estimate of drug-likeness (QED) is 0.888. The van der Waals surface area contributed by atoms with E-state index in [1.165, 1.54) is 18.3 Å². The molecular formula is C18H21FN2O2. The number of amides is 1. The molecule has 2 aromatic rings. The third-order valence-electron chi connectivity index (χ3n) is 3.48. The largest absolute Gasteiger partial charge is 0.481 e. The summed E-state index contributed by atoms with van der Waals surface area (Å²) in [4.78, 5) is 16.0. The number of para-hydroxylation sites is 1. The Kier molecular flexibility index (Phi) is 5.68. The number of halogens is 1. The molecule has 0 saturated carbocycles. The van der Waals surface area contributed by atoms with Gasteiger partial charge in [-0.25, -0.2) is 4.39 Å². The van der Waals surface area contributed by atoms with Gasteiger partial charge in [-0.2, -0.15) is 0 Å². The van der Waals surface area contributed by atoms with Crippen molar-refractivity contribution >= 4 is 5.91 Å². The van der Waals surface area contributed by atoms with E-state index < -0.39 is 11.9 Å². The zero-order valence-electron chi connectivity index (χ0n) is 13.5. The van der Waals surface area contributed by atoms with Crippen molar-refractivity contribution < 1.29 is 13.9 Å². The summed E-state index contributed by atoms with van der Waals surface area (Å²) < 4.78 is 19.2. The summed E-state index contributed by atoms with van der Waals surface area (Å²) in [6, 6.07) is 10.5. The van der Waals surface area contributed by atoms with Crippen LogP contribution in [0.3, 0.4) is 0 Å². The molecule has 2 rings (SSSR count). The topological polar surface area (TPSA) is 51.2 Å². The zero-order valence-corrected chi connectivity index (χ0v) is 13.5. The molecule has 1 N–H and O–H groups in total. The lowest BCUT2D eigenvalue weighted by Gasteiger charge is -2.18. The maximum Gasteiger partial charge on any atom is 0.261 e. The molecule has 1 amide bonds. The minimum Gasteiger partial charge on any atom is -0.481 e. The summed E-state index contributed by atoms with van der Waals surface area (Å²) in [7, 11) is 0. The summed E-state index contributed by atoms with van der Waals surface area (Å²) in [5.41, 5.74) is 1.25. The van der Waals surface area contributed by atoms with E-state index in [2.05, 4.69) is 24.1 Å². The van der Waals surface area contributed by atoms with E-state index in [0.717, 1.165) is 5.56 Å². The lowest BCUT2D eigenvalue weighted by molar-refractivity contribution is -0.127. The normalized spacial score (nSPS) is 12.0. The Bertz CT molecular complexity index is 674. The van der Waals surface area contributed by atoms with Crippen molar-refractivity contribution in [1.29, 1.82) is 0 Å². The van der Waals surface area contributed by atoms with Gasteiger partial charge in [0.1, 0.15) is 11.6 Å². The third-order valence-corrected chi connectivity index (χ3v) is 3.48. The summed E-state index contributed by atoms with van der Waals surface area (Å²) in [6.07, 6.45) is 0.810. The van der Waals surface area contributed by atoms with Gasteiger partial charge < -0.3 is 10.1 Å². The molecule has 1 atom stereocenters. The number of carbonyl (C=O) groups excluding carboxylic acids is 1. The van der Waals surface area contributed by atoms with Crippen molar-refractivity contribution in [3.8, 4) is 5.75 Å². The Labute approximate surface area is 135 Å². The highest BCUT2D eigenvalue weighted by atomic mass is 19.1. The van der Waals surface area contributed by atoms with Gasteiger partial charge in [0.2, 0.25) is 0 Å². The Balaban J connectivity index is 1.97. The number of aromatic nitrogens is 1. The molecule has 1 aromatic heterocycles. The number of hydrogen-bond donors (Lipinski definition) is 1. The highest BCUT2D eigenvalue weighted by molar-refractivity contribution is 5.80. The first-order valence-corrected chi connectivity index (χ1v) is 7.61. The van der Waals surface area contributed by atoms with Crippen molar-refractivity contribution in [2.24, 2.45) is 0 Å². The molecule has 122 valence electrons. The minimum absolute atomic E-state index is 0.0328. The van der Waals surface area contributed by atoms with Gasteiger partial charge in [-0.3, -0.25) is 9.78 Å². The van der Waals surface area contributed by atoms with E-state index >= 15 is 0 Å². The van der Waals surface area contributed by atoms with Crippen molar-refractivity contribution in [1.82, 2.24) is 10.3 Å². The Morgan fingerprint density at radius 2 is 1.96 bits per heavy atom. The van der Waals surface area contributed by atoms with Gasteiger partial charge in [-0.05, 0) is 36.6 Å². The molecule has 0 spiro atoms. The standard InChI is InChI=1S/C18H21FN2O2/c1-12(2)14-7-4-5-9-17(14)23-13(3)18(22)21-11-16-15(19)8-6-10-20-16/h4-10,12-13H,11H2,1-3H3,(H,21,22). The molecule has 0 fully saturated rings. The molecule has 1 heterocycles. The van der Waals surface area contributed by atoms with Gasteiger partial charge in [-0.15, -0.1) is 0 Å². The highest BCUT2D eigenvalue weighted by Gasteiger charge is 2.17. The first kappa shape index (κ1) is 16.9. The number of ether oxygens (including phenoxy) is 1. The van der Waals surface area contributed by atoms with E-state index in [-0.39, 0.29) is 18.1 Å². The summed E-state index contributed by atoms with van der Waals surface area (Å²) >= 11 is 0. The molecule has 0 radical (unpaired) electrons. The second kappa shape index (κ2) is 7.72. The van der Waals surface area contributed by atoms with Gasteiger partial charge in [0, 0.05) is 6.20 Å². The SMILES string of the molecule is CC(Oc1ccccc1C(C)C)C(=O)NCc1ncccc1F. The Morgan fingerprint density at radius 3 is 2.65 bits per heavy atom. The molecule has 0 aliphatic heterocycles. The van der Waals surface area contributed by atoms with Crippen molar-refractivity contribution in [2.45, 2.75) is 39.3 Å². The molecule has 1 unspecified atom stereocenters. The van der Waals surface area contributed by atoms with Crippen LogP contribution in [0.15, 0.2) is 42.6 Å². The van der Waals surface area contributed by atoms with Crippen LogP contribution in [0.1, 0.15) is 37.9 Å². The van der Waals surface area contributed by atoms with Crippen LogP contribution < -0.4 is 10.1 Å². The number of hydrogen-bond acceptors (Lipinski definition) is 3. The molecule has 23 heavy (non-hydrogen) atoms. The average molecular weight is 316 g/mol. The van der Waals surface area contributed by atoms with Crippen LogP contribution in [0, 0.1) is 5.82 Å². The van der Waals surface area contributed by atoms with E-state index in [1.807, 2.05) is 24.3 Å². The molecule has 4 nitrogen and oxygen atoms in total. The van der Waals surface area contributed by atoms with Gasteiger partial charge >= 0.3 is 0 Å². The highest BCUT2D eigenvalue weighted by Crippen LogP contribution is 2.26. The lowest BCUT2D eigenvalue weighted by atomic mass is 10.0. The second-order valence-corrected chi connectivity index (χ2v) is 5.60. The molecular weight excluding hydrogens is 295 g/mol. The van der Waals surface area contributed by atoms with Gasteiger partial charge in [0.25, 0.3) is 5.91 Å². The summed E-state index contributed by atoms with van der Waals surface area (Å²) in [5.74, 6) is 0.235. The van der Waals surface area contributed by atoms with Crippen molar-refractivity contribution in [3.05, 3.63) is 59.7 Å². The molecule has 5 heteroatoms. The van der Waals surface area contributed by atoms with E-state index in [4.69, 9.17) is 4.74 Å². The van der Waals surface area contributed by atoms with Gasteiger partial charge in [-0.1, -0.05) is 32.0 Å². The van der Waals surface area contributed by atoms with Crippen molar-refractivity contribution in [3.63, 3.8) is 0 Å². The van der Waals surface area contributed by atoms with Crippen LogP contribution >= 0.6 is 0 Å². The lowest BCUT2D eigenvalue weighted by Crippen LogP contribution is -2.36. The van der Waals surface area contributed by atoms with Crippen LogP contribution in [0.5, 0.6) is 5.75 Å². The second-order valence-electron chi connectivity index (χ2n) is 5.60. The number of benzene rings is 1. The number of carbonyl (C=O) groups is 1. The Hall–Kier alpha value is -2.43. The predicted molar refractivity (Wildman–Crippen MR) is 86.7 cm³/mol. The zero-order chi connectivity index (χ0) is 16.8.